The van der Waals surface area contributed by atoms with Crippen LogP contribution in [0.1, 0.15) is 35.2 Å². The van der Waals surface area contributed by atoms with Crippen molar-refractivity contribution in [3.05, 3.63) is 155 Å². The fourth-order valence-corrected chi connectivity index (χ4v) is 7.03. The van der Waals surface area contributed by atoms with Crippen LogP contribution in [-0.4, -0.2) is 23.4 Å². The van der Waals surface area contributed by atoms with Crippen molar-refractivity contribution in [2.24, 2.45) is 4.99 Å². The summed E-state index contributed by atoms with van der Waals surface area (Å²) in [4.78, 5) is 34.2. The molecular formula is C36H28Cl2N2O4S2. The van der Waals surface area contributed by atoms with Gasteiger partial charge in [0.1, 0.15) is 12.4 Å². The highest BCUT2D eigenvalue weighted by molar-refractivity contribution is 7.98. The molecule has 1 atom stereocenters. The molecule has 6 rings (SSSR count). The highest BCUT2D eigenvalue weighted by Crippen LogP contribution is 2.35. The molecule has 0 radical (unpaired) electrons. The molecule has 1 aliphatic rings. The molecule has 232 valence electrons. The van der Waals surface area contributed by atoms with Gasteiger partial charge < -0.3 is 9.47 Å². The maximum absolute atomic E-state index is 14.1. The summed E-state index contributed by atoms with van der Waals surface area (Å²) in [6, 6.07) is 29.4. The molecule has 6 nitrogen and oxygen atoms in total. The largest absolute Gasteiger partial charge is 0.489 e. The van der Waals surface area contributed by atoms with Crippen LogP contribution in [-0.2, 0) is 16.1 Å². The minimum absolute atomic E-state index is 0.194. The molecule has 0 aliphatic carbocycles. The summed E-state index contributed by atoms with van der Waals surface area (Å²) in [6.07, 6.45) is 3.83. The van der Waals surface area contributed by atoms with Crippen molar-refractivity contribution < 1.29 is 14.3 Å². The Bertz CT molecular complexity index is 2110. The molecule has 0 fully saturated rings. The van der Waals surface area contributed by atoms with Gasteiger partial charge in [-0.25, -0.2) is 9.79 Å². The number of benzene rings is 4. The number of thioether (sulfide) groups is 1. The third-order valence-corrected chi connectivity index (χ3v) is 9.71. The molecule has 1 aliphatic heterocycles. The van der Waals surface area contributed by atoms with Gasteiger partial charge in [-0.1, -0.05) is 95.2 Å². The number of carbonyl (C=O) groups is 1. The predicted octanol–water partition coefficient (Wildman–Crippen LogP) is 7.54. The number of nitrogens with zero attached hydrogens (tertiary/aromatic N) is 2. The lowest BCUT2D eigenvalue weighted by Gasteiger charge is -2.26. The van der Waals surface area contributed by atoms with Crippen LogP contribution < -0.4 is 19.6 Å². The van der Waals surface area contributed by atoms with Crippen LogP contribution in [0.3, 0.4) is 0 Å². The van der Waals surface area contributed by atoms with Gasteiger partial charge in [0.2, 0.25) is 0 Å². The third kappa shape index (κ3) is 6.71. The van der Waals surface area contributed by atoms with E-state index >= 15 is 0 Å². The van der Waals surface area contributed by atoms with Crippen LogP contribution in [0.4, 0.5) is 0 Å². The molecule has 0 bridgehead atoms. The fourth-order valence-electron chi connectivity index (χ4n) is 5.15. The number of thiazole rings is 1. The quantitative estimate of drug-likeness (QED) is 0.118. The summed E-state index contributed by atoms with van der Waals surface area (Å²) in [5.41, 5.74) is 3.78. The summed E-state index contributed by atoms with van der Waals surface area (Å²) in [5, 5.41) is 1.11. The van der Waals surface area contributed by atoms with E-state index in [1.165, 1.54) is 11.3 Å². The van der Waals surface area contributed by atoms with Crippen LogP contribution in [0.5, 0.6) is 5.75 Å². The first kappa shape index (κ1) is 31.9. The smallest absolute Gasteiger partial charge is 0.338 e. The van der Waals surface area contributed by atoms with Crippen LogP contribution in [0, 0.1) is 0 Å². The molecule has 0 N–H and O–H groups in total. The Hall–Kier alpha value is -4.08. The molecule has 5 aromatic rings. The van der Waals surface area contributed by atoms with E-state index in [1.807, 2.05) is 97.3 Å². The monoisotopic (exact) mass is 686 g/mol. The van der Waals surface area contributed by atoms with Crippen LogP contribution in [0.2, 0.25) is 10.0 Å². The Labute approximate surface area is 284 Å². The number of hydrogen-bond donors (Lipinski definition) is 0. The zero-order chi connectivity index (χ0) is 32.2. The maximum Gasteiger partial charge on any atom is 0.338 e. The summed E-state index contributed by atoms with van der Waals surface area (Å²) < 4.78 is 13.6. The standard InChI is InChI=1S/C36H28Cl2N2O4S2/c1-3-43-35(42)31-32(23-7-5-4-6-8-23)39-36-40(33(31)24-12-17-28(45-2)18-13-24)34(41)30(46-36)19-22-9-15-27(16-10-22)44-21-25-11-14-26(37)20-29(25)38/h4-20,33H,3,21H2,1-2H3/b30-19-/t33-/m1/s1. The van der Waals surface area contributed by atoms with Crippen LogP contribution in [0.25, 0.3) is 11.8 Å². The van der Waals surface area contributed by atoms with Gasteiger partial charge in [0.25, 0.3) is 5.56 Å². The summed E-state index contributed by atoms with van der Waals surface area (Å²) >= 11 is 15.2. The summed E-state index contributed by atoms with van der Waals surface area (Å²) in [5.74, 6) is 0.152. The molecule has 0 unspecified atom stereocenters. The second kappa shape index (κ2) is 14.1. The Morgan fingerprint density at radius 1 is 1.00 bits per heavy atom. The average molecular weight is 688 g/mol. The van der Waals surface area contributed by atoms with Crippen molar-refractivity contribution >= 4 is 64.0 Å². The topological polar surface area (TPSA) is 69.9 Å². The van der Waals surface area contributed by atoms with Gasteiger partial charge in [0.05, 0.1) is 28.5 Å². The lowest BCUT2D eigenvalue weighted by atomic mass is 9.93. The Morgan fingerprint density at radius 2 is 1.74 bits per heavy atom. The number of ether oxygens (including phenoxy) is 2. The lowest BCUT2D eigenvalue weighted by Crippen LogP contribution is -2.40. The van der Waals surface area contributed by atoms with Crippen molar-refractivity contribution in [2.75, 3.05) is 12.9 Å². The normalized spacial score (nSPS) is 14.5. The van der Waals surface area contributed by atoms with Gasteiger partial charge in [-0.3, -0.25) is 9.36 Å². The first-order valence-electron chi connectivity index (χ1n) is 14.5. The maximum atomic E-state index is 14.1. The second-order valence-corrected chi connectivity index (χ2v) is 13.0. The predicted molar refractivity (Wildman–Crippen MR) is 187 cm³/mol. The van der Waals surface area contributed by atoms with E-state index in [1.54, 1.807) is 35.4 Å². The van der Waals surface area contributed by atoms with Gasteiger partial charge in [0.15, 0.2) is 4.80 Å². The van der Waals surface area contributed by atoms with Crippen LogP contribution >= 0.6 is 46.3 Å². The van der Waals surface area contributed by atoms with E-state index in [0.29, 0.717) is 43.0 Å². The number of aromatic nitrogens is 1. The van der Waals surface area contributed by atoms with E-state index in [4.69, 9.17) is 37.7 Å². The number of rotatable bonds is 9. The molecule has 0 spiro atoms. The van der Waals surface area contributed by atoms with Crippen molar-refractivity contribution in [3.8, 4) is 5.75 Å². The molecule has 4 aromatic carbocycles. The van der Waals surface area contributed by atoms with Gasteiger partial charge >= 0.3 is 5.97 Å². The zero-order valence-electron chi connectivity index (χ0n) is 24.9. The summed E-state index contributed by atoms with van der Waals surface area (Å²) in [6.45, 7) is 2.25. The SMILES string of the molecule is CCOC(=O)C1=C(c2ccccc2)N=c2s/c(=C\c3ccc(OCc4ccc(Cl)cc4Cl)cc3)c(=O)n2[C@@H]1c1ccc(SC)cc1. The number of hydrogen-bond acceptors (Lipinski definition) is 7. The molecule has 10 heteroatoms. The van der Waals surface area contributed by atoms with Gasteiger partial charge in [-0.2, -0.15) is 0 Å². The zero-order valence-corrected chi connectivity index (χ0v) is 28.1. The summed E-state index contributed by atoms with van der Waals surface area (Å²) in [7, 11) is 0. The van der Waals surface area contributed by atoms with Crippen molar-refractivity contribution in [1.82, 2.24) is 4.57 Å². The Kier molecular flexibility index (Phi) is 9.80. The molecule has 1 aromatic heterocycles. The first-order chi connectivity index (χ1) is 22.4. The van der Waals surface area contributed by atoms with E-state index < -0.39 is 12.0 Å². The average Bonchev–Trinajstić information content (AvgIpc) is 3.38. The second-order valence-electron chi connectivity index (χ2n) is 10.3. The number of halogens is 2. The lowest BCUT2D eigenvalue weighted by molar-refractivity contribution is -0.138. The molecule has 0 saturated heterocycles. The van der Waals surface area contributed by atoms with E-state index in [2.05, 4.69) is 0 Å². The van der Waals surface area contributed by atoms with Gasteiger partial charge in [0, 0.05) is 26.1 Å². The minimum Gasteiger partial charge on any atom is -0.489 e. The fraction of sp³-hybridized carbons (Fsp3) is 0.139. The third-order valence-electron chi connectivity index (χ3n) is 7.39. The highest BCUT2D eigenvalue weighted by Gasteiger charge is 2.35. The molecule has 0 saturated carbocycles. The Morgan fingerprint density at radius 3 is 2.41 bits per heavy atom. The molecule has 0 amide bonds. The molecular weight excluding hydrogens is 659 g/mol. The molecule has 46 heavy (non-hydrogen) atoms. The van der Waals surface area contributed by atoms with E-state index in [0.717, 1.165) is 27.1 Å². The van der Waals surface area contributed by atoms with E-state index in [9.17, 15) is 9.59 Å². The van der Waals surface area contributed by atoms with E-state index in [-0.39, 0.29) is 12.2 Å². The minimum atomic E-state index is -0.723. The highest BCUT2D eigenvalue weighted by atomic mass is 35.5. The Balaban J connectivity index is 1.42. The van der Waals surface area contributed by atoms with Crippen LogP contribution in [0.15, 0.2) is 117 Å². The molecule has 2 heterocycles. The van der Waals surface area contributed by atoms with Gasteiger partial charge in [-0.05, 0) is 66.8 Å². The number of carbonyl (C=O) groups excluding carboxylic acids is 1. The first-order valence-corrected chi connectivity index (χ1v) is 17.2. The van der Waals surface area contributed by atoms with Gasteiger partial charge in [-0.15, -0.1) is 11.8 Å². The number of fused-ring (bicyclic) bond motifs is 1. The van der Waals surface area contributed by atoms with Crippen molar-refractivity contribution in [3.63, 3.8) is 0 Å². The van der Waals surface area contributed by atoms with Crippen molar-refractivity contribution in [1.29, 1.82) is 0 Å². The van der Waals surface area contributed by atoms with Crippen molar-refractivity contribution in [2.45, 2.75) is 24.5 Å². The number of esters is 1.